The fourth-order valence-electron chi connectivity index (χ4n) is 7.56. The second-order valence-corrected chi connectivity index (χ2v) is 18.8. The van der Waals surface area contributed by atoms with E-state index in [0.29, 0.717) is 12.8 Å². The standard InChI is InChI=1S/C66H106O6/c1-4-7-10-13-16-19-22-24-25-26-27-28-29-30-31-32-33-34-35-36-37-38-39-40-41-43-44-47-50-53-56-59-65(68)71-62-63(61-70-64(67)58-55-52-49-46-21-18-15-12-9-6-3)72-66(69)60-57-54-51-48-45-42-23-20-17-14-11-8-5-2/h7-8,10-12,15-17,19-20,24-25,27-28,30-31,33-34,36-37,42,45,63H,4-6,9,13-14,18,21-23,26,29,32,35,38-41,43-44,46-62H2,1-3H3/b10-7-,11-8-,15-12-,19-16-,20-17-,25-24-,28-27-,31-30-,34-33-,37-36-,45-42-. The molecule has 0 aliphatic rings. The number of hydrogen-bond acceptors (Lipinski definition) is 6. The Kier molecular flexibility index (Phi) is 55.5. The lowest BCUT2D eigenvalue weighted by atomic mass is 10.1. The molecule has 406 valence electrons. The monoisotopic (exact) mass is 995 g/mol. The van der Waals surface area contributed by atoms with Crippen molar-refractivity contribution in [3.05, 3.63) is 134 Å². The summed E-state index contributed by atoms with van der Waals surface area (Å²) in [5, 5.41) is 0. The Morgan fingerprint density at radius 1 is 0.292 bits per heavy atom. The molecule has 0 aliphatic carbocycles. The first-order valence-corrected chi connectivity index (χ1v) is 29.2. The number of carbonyl (C=O) groups excluding carboxylic acids is 3. The van der Waals surface area contributed by atoms with Crippen LogP contribution in [0, 0.1) is 0 Å². The molecule has 6 nitrogen and oxygen atoms in total. The lowest BCUT2D eigenvalue weighted by Gasteiger charge is -2.18. The molecule has 0 N–H and O–H groups in total. The first kappa shape index (κ1) is 67.5. The highest BCUT2D eigenvalue weighted by molar-refractivity contribution is 5.71. The Labute approximate surface area is 443 Å². The zero-order chi connectivity index (χ0) is 52.2. The van der Waals surface area contributed by atoms with Gasteiger partial charge in [0.2, 0.25) is 0 Å². The number of hydrogen-bond donors (Lipinski definition) is 0. The average molecular weight is 996 g/mol. The number of rotatable bonds is 51. The van der Waals surface area contributed by atoms with E-state index >= 15 is 0 Å². The van der Waals surface area contributed by atoms with Crippen molar-refractivity contribution in [3.63, 3.8) is 0 Å². The second kappa shape index (κ2) is 59.1. The largest absolute Gasteiger partial charge is 0.462 e. The van der Waals surface area contributed by atoms with Crippen LogP contribution < -0.4 is 0 Å². The molecule has 1 atom stereocenters. The van der Waals surface area contributed by atoms with Gasteiger partial charge in [0, 0.05) is 19.3 Å². The first-order chi connectivity index (χ1) is 35.5. The molecular weight excluding hydrogens is 889 g/mol. The summed E-state index contributed by atoms with van der Waals surface area (Å²) in [5.41, 5.74) is 0. The fraction of sp³-hybridized carbons (Fsp3) is 0.621. The van der Waals surface area contributed by atoms with E-state index in [1.807, 2.05) is 0 Å². The Hall–Kier alpha value is -4.45. The van der Waals surface area contributed by atoms with E-state index in [1.165, 1.54) is 51.4 Å². The Balaban J connectivity index is 4.23. The van der Waals surface area contributed by atoms with Gasteiger partial charge in [-0.25, -0.2) is 0 Å². The van der Waals surface area contributed by atoms with Crippen molar-refractivity contribution < 1.29 is 28.6 Å². The van der Waals surface area contributed by atoms with Crippen LogP contribution in [0.25, 0.3) is 0 Å². The quantitative estimate of drug-likeness (QED) is 0.0261. The number of allylic oxidation sites excluding steroid dienone is 22. The molecule has 0 fully saturated rings. The highest BCUT2D eigenvalue weighted by Gasteiger charge is 2.19. The fourth-order valence-corrected chi connectivity index (χ4v) is 7.56. The molecule has 0 bridgehead atoms. The predicted octanol–water partition coefficient (Wildman–Crippen LogP) is 19.8. The van der Waals surface area contributed by atoms with Gasteiger partial charge in [0.1, 0.15) is 13.2 Å². The molecule has 0 radical (unpaired) electrons. The van der Waals surface area contributed by atoms with E-state index in [9.17, 15) is 14.4 Å². The van der Waals surface area contributed by atoms with Gasteiger partial charge < -0.3 is 14.2 Å². The lowest BCUT2D eigenvalue weighted by molar-refractivity contribution is -0.167. The maximum absolute atomic E-state index is 12.8. The molecule has 0 rings (SSSR count). The molecule has 0 amide bonds. The van der Waals surface area contributed by atoms with Crippen molar-refractivity contribution in [2.45, 2.75) is 252 Å². The van der Waals surface area contributed by atoms with Crippen molar-refractivity contribution in [2.24, 2.45) is 0 Å². The molecule has 0 aromatic carbocycles. The van der Waals surface area contributed by atoms with Crippen molar-refractivity contribution in [3.8, 4) is 0 Å². The molecular formula is C66H106O6. The van der Waals surface area contributed by atoms with E-state index in [0.717, 1.165) is 154 Å². The van der Waals surface area contributed by atoms with Crippen molar-refractivity contribution >= 4 is 17.9 Å². The average Bonchev–Trinajstić information content (AvgIpc) is 3.38. The third-order valence-corrected chi connectivity index (χ3v) is 11.9. The second-order valence-electron chi connectivity index (χ2n) is 18.8. The van der Waals surface area contributed by atoms with Gasteiger partial charge in [0.25, 0.3) is 0 Å². The maximum atomic E-state index is 12.8. The number of carbonyl (C=O) groups is 3. The normalized spacial score (nSPS) is 13.1. The van der Waals surface area contributed by atoms with Gasteiger partial charge in [-0.1, -0.05) is 231 Å². The van der Waals surface area contributed by atoms with Gasteiger partial charge in [-0.2, -0.15) is 0 Å². The number of ether oxygens (including phenoxy) is 3. The van der Waals surface area contributed by atoms with Gasteiger partial charge in [0.05, 0.1) is 0 Å². The van der Waals surface area contributed by atoms with Crippen LogP contribution >= 0.6 is 0 Å². The van der Waals surface area contributed by atoms with Crippen molar-refractivity contribution in [1.82, 2.24) is 0 Å². The molecule has 1 unspecified atom stereocenters. The third kappa shape index (κ3) is 56.5. The molecule has 0 spiro atoms. The van der Waals surface area contributed by atoms with Crippen molar-refractivity contribution in [1.29, 1.82) is 0 Å². The zero-order valence-corrected chi connectivity index (χ0v) is 46.4. The van der Waals surface area contributed by atoms with E-state index in [4.69, 9.17) is 14.2 Å². The summed E-state index contributed by atoms with van der Waals surface area (Å²) in [5.74, 6) is -0.951. The smallest absolute Gasteiger partial charge is 0.306 e. The third-order valence-electron chi connectivity index (χ3n) is 11.9. The lowest BCUT2D eigenvalue weighted by Crippen LogP contribution is -2.30. The Morgan fingerprint density at radius 3 is 0.875 bits per heavy atom. The molecule has 0 aromatic rings. The van der Waals surface area contributed by atoms with Crippen LogP contribution in [0.2, 0.25) is 0 Å². The molecule has 0 saturated carbocycles. The predicted molar refractivity (Wildman–Crippen MR) is 311 cm³/mol. The minimum Gasteiger partial charge on any atom is -0.462 e. The summed E-state index contributed by atoms with van der Waals surface area (Å²) >= 11 is 0. The van der Waals surface area contributed by atoms with Crippen LogP contribution in [0.4, 0.5) is 0 Å². The SMILES string of the molecule is CC/C=C\C/C=C\C/C=C\C/C=C\C/C=C\C/C=C\C/C=C\CCCCCCCCCCCC(=O)OCC(COC(=O)CCCCCCC/C=C\CCC)OC(=O)CCCCC/C=C\C/C=C\C/C=C\CC. The maximum Gasteiger partial charge on any atom is 0.306 e. The summed E-state index contributed by atoms with van der Waals surface area (Å²) < 4.78 is 16.8. The van der Waals surface area contributed by atoms with Crippen LogP contribution in [0.1, 0.15) is 245 Å². The molecule has 0 aliphatic heterocycles. The summed E-state index contributed by atoms with van der Waals surface area (Å²) in [6.07, 6.45) is 83.2. The highest BCUT2D eigenvalue weighted by Crippen LogP contribution is 2.14. The van der Waals surface area contributed by atoms with Crippen LogP contribution in [0.5, 0.6) is 0 Å². The van der Waals surface area contributed by atoms with E-state index in [-0.39, 0.29) is 37.5 Å². The summed E-state index contributed by atoms with van der Waals surface area (Å²) in [4.78, 5) is 38.0. The van der Waals surface area contributed by atoms with E-state index < -0.39 is 6.10 Å². The Morgan fingerprint density at radius 2 is 0.542 bits per heavy atom. The first-order valence-electron chi connectivity index (χ1n) is 29.2. The summed E-state index contributed by atoms with van der Waals surface area (Å²) in [6.45, 7) is 6.30. The summed E-state index contributed by atoms with van der Waals surface area (Å²) in [6, 6.07) is 0. The van der Waals surface area contributed by atoms with Gasteiger partial charge in [-0.3, -0.25) is 14.4 Å². The highest BCUT2D eigenvalue weighted by atomic mass is 16.6. The van der Waals surface area contributed by atoms with E-state index in [1.54, 1.807) is 0 Å². The van der Waals surface area contributed by atoms with Gasteiger partial charge in [-0.15, -0.1) is 0 Å². The van der Waals surface area contributed by atoms with Crippen LogP contribution in [-0.2, 0) is 28.6 Å². The van der Waals surface area contributed by atoms with Gasteiger partial charge >= 0.3 is 17.9 Å². The zero-order valence-electron chi connectivity index (χ0n) is 46.4. The molecule has 0 aromatic heterocycles. The van der Waals surface area contributed by atoms with Crippen molar-refractivity contribution in [2.75, 3.05) is 13.2 Å². The van der Waals surface area contributed by atoms with Gasteiger partial charge in [0.15, 0.2) is 6.10 Å². The van der Waals surface area contributed by atoms with Crippen LogP contribution in [-0.4, -0.2) is 37.2 Å². The number of unbranched alkanes of at least 4 members (excludes halogenated alkanes) is 18. The van der Waals surface area contributed by atoms with Crippen LogP contribution in [0.3, 0.4) is 0 Å². The van der Waals surface area contributed by atoms with E-state index in [2.05, 4.69) is 154 Å². The molecule has 6 heteroatoms. The minimum atomic E-state index is -0.802. The van der Waals surface area contributed by atoms with Gasteiger partial charge in [-0.05, 0) is 128 Å². The number of esters is 3. The molecule has 0 heterocycles. The van der Waals surface area contributed by atoms with Crippen LogP contribution in [0.15, 0.2) is 134 Å². The summed E-state index contributed by atoms with van der Waals surface area (Å²) in [7, 11) is 0. The minimum absolute atomic E-state index is 0.0993. The topological polar surface area (TPSA) is 78.9 Å². The molecule has 72 heavy (non-hydrogen) atoms. The molecule has 0 saturated heterocycles. The Bertz CT molecular complexity index is 1560.